The smallest absolute Gasteiger partial charge is 0.337 e. The molecule has 2 aromatic carbocycles. The van der Waals surface area contributed by atoms with Gasteiger partial charge >= 0.3 is 5.97 Å². The van der Waals surface area contributed by atoms with Crippen molar-refractivity contribution < 1.29 is 28.5 Å². The van der Waals surface area contributed by atoms with E-state index in [1.165, 1.54) is 39.8 Å². The number of allylic oxidation sites excluding steroid dienone is 1. The summed E-state index contributed by atoms with van der Waals surface area (Å²) in [5.74, 6) is 0.201. The lowest BCUT2D eigenvalue weighted by atomic mass is 10.1. The summed E-state index contributed by atoms with van der Waals surface area (Å²) in [6.07, 6.45) is 1.71. The number of hydrogen-bond acceptors (Lipinski definition) is 7. The first kappa shape index (κ1) is 22.1. The van der Waals surface area contributed by atoms with Crippen LogP contribution in [0, 0.1) is 0 Å². The molecular formula is C22H22N2O6S. The third-order valence-electron chi connectivity index (χ3n) is 4.52. The average Bonchev–Trinajstić information content (AvgIpc) is 3.13. The molecule has 0 aliphatic carbocycles. The van der Waals surface area contributed by atoms with E-state index in [2.05, 4.69) is 11.6 Å². The van der Waals surface area contributed by atoms with Gasteiger partial charge in [0.2, 0.25) is 5.75 Å². The monoisotopic (exact) mass is 442 g/mol. The lowest BCUT2D eigenvalue weighted by Gasteiger charge is -2.12. The summed E-state index contributed by atoms with van der Waals surface area (Å²) in [4.78, 5) is 29.6. The molecule has 0 saturated carbocycles. The molecule has 0 unspecified atom stereocenters. The van der Waals surface area contributed by atoms with Gasteiger partial charge in [0.25, 0.3) is 5.91 Å². The molecule has 1 amide bonds. The molecule has 0 saturated heterocycles. The average molecular weight is 442 g/mol. The molecule has 0 aliphatic heterocycles. The minimum absolute atomic E-state index is 0.285. The van der Waals surface area contributed by atoms with Crippen LogP contribution in [0.2, 0.25) is 0 Å². The molecule has 0 spiro atoms. The Labute approximate surface area is 183 Å². The fourth-order valence-corrected chi connectivity index (χ4v) is 4.14. The molecule has 0 radical (unpaired) electrons. The Hall–Kier alpha value is -3.59. The van der Waals surface area contributed by atoms with Crippen molar-refractivity contribution in [2.75, 3.05) is 28.4 Å². The first-order valence-electron chi connectivity index (χ1n) is 9.19. The minimum atomic E-state index is -0.475. The molecule has 1 aromatic heterocycles. The van der Waals surface area contributed by atoms with Gasteiger partial charge in [0.05, 0.1) is 44.2 Å². The molecule has 3 rings (SSSR count). The number of rotatable bonds is 7. The van der Waals surface area contributed by atoms with Crippen LogP contribution in [0.5, 0.6) is 17.2 Å². The zero-order chi connectivity index (χ0) is 22.5. The molecular weight excluding hydrogens is 420 g/mol. The normalized spacial score (nSPS) is 11.3. The fourth-order valence-electron chi connectivity index (χ4n) is 3.06. The Morgan fingerprint density at radius 2 is 1.71 bits per heavy atom. The second-order valence-electron chi connectivity index (χ2n) is 6.29. The second kappa shape index (κ2) is 9.48. The van der Waals surface area contributed by atoms with Crippen LogP contribution in [0.4, 0.5) is 0 Å². The highest BCUT2D eigenvalue weighted by atomic mass is 32.1. The third-order valence-corrected chi connectivity index (χ3v) is 5.57. The van der Waals surface area contributed by atoms with Gasteiger partial charge in [-0.3, -0.25) is 4.79 Å². The maximum Gasteiger partial charge on any atom is 0.337 e. The van der Waals surface area contributed by atoms with Crippen LogP contribution in [0.15, 0.2) is 48.0 Å². The maximum absolute atomic E-state index is 13.0. The van der Waals surface area contributed by atoms with Crippen molar-refractivity contribution in [2.24, 2.45) is 4.99 Å². The molecule has 3 aromatic rings. The summed E-state index contributed by atoms with van der Waals surface area (Å²) >= 11 is 1.29. The number of ether oxygens (including phenoxy) is 4. The van der Waals surface area contributed by atoms with Crippen molar-refractivity contribution >= 4 is 33.4 Å². The molecule has 0 aliphatic rings. The number of nitrogens with zero attached hydrogens (tertiary/aromatic N) is 2. The van der Waals surface area contributed by atoms with Crippen molar-refractivity contribution in [3.63, 3.8) is 0 Å². The number of thiazole rings is 1. The minimum Gasteiger partial charge on any atom is -0.493 e. The van der Waals surface area contributed by atoms with E-state index in [1.807, 2.05) is 4.57 Å². The van der Waals surface area contributed by atoms with E-state index < -0.39 is 11.9 Å². The number of carbonyl (C=O) groups excluding carboxylic acids is 2. The quantitative estimate of drug-likeness (QED) is 0.411. The predicted molar refractivity (Wildman–Crippen MR) is 117 cm³/mol. The highest BCUT2D eigenvalue weighted by Crippen LogP contribution is 2.38. The van der Waals surface area contributed by atoms with Gasteiger partial charge in [0.15, 0.2) is 16.3 Å². The Morgan fingerprint density at radius 1 is 1.03 bits per heavy atom. The molecule has 1 heterocycles. The lowest BCUT2D eigenvalue weighted by molar-refractivity contribution is 0.0600. The number of esters is 1. The summed E-state index contributed by atoms with van der Waals surface area (Å²) in [6.45, 7) is 4.22. The summed E-state index contributed by atoms with van der Waals surface area (Å²) in [5, 5.41) is 0. The SMILES string of the molecule is C=CCn1c(=NC(=O)c2cc(OC)c(OC)c(OC)c2)sc2cc(C(=O)OC)ccc21. The van der Waals surface area contributed by atoms with Gasteiger partial charge in [-0.2, -0.15) is 4.99 Å². The van der Waals surface area contributed by atoms with Crippen LogP contribution in [0.3, 0.4) is 0 Å². The zero-order valence-corrected chi connectivity index (χ0v) is 18.4. The van der Waals surface area contributed by atoms with Crippen LogP contribution in [0.1, 0.15) is 20.7 Å². The second-order valence-corrected chi connectivity index (χ2v) is 7.30. The molecule has 31 heavy (non-hydrogen) atoms. The number of carbonyl (C=O) groups is 2. The van der Waals surface area contributed by atoms with E-state index in [-0.39, 0.29) is 5.56 Å². The van der Waals surface area contributed by atoms with Crippen molar-refractivity contribution in [3.05, 3.63) is 58.9 Å². The van der Waals surface area contributed by atoms with Gasteiger partial charge in [-0.1, -0.05) is 17.4 Å². The van der Waals surface area contributed by atoms with E-state index in [0.29, 0.717) is 34.2 Å². The Balaban J connectivity index is 2.15. The van der Waals surface area contributed by atoms with E-state index in [0.717, 1.165) is 10.2 Å². The Kier molecular flexibility index (Phi) is 6.76. The van der Waals surface area contributed by atoms with Crippen LogP contribution < -0.4 is 19.0 Å². The van der Waals surface area contributed by atoms with Gasteiger partial charge in [0, 0.05) is 12.1 Å². The standard InChI is InChI=1S/C22H22N2O6S/c1-6-9-24-15-8-7-13(21(26)30-5)12-18(15)31-22(24)23-20(25)14-10-16(27-2)19(29-4)17(11-14)28-3/h6-8,10-12H,1,9H2,2-5H3. The topological polar surface area (TPSA) is 88.4 Å². The zero-order valence-electron chi connectivity index (χ0n) is 17.6. The molecule has 0 N–H and O–H groups in total. The summed E-state index contributed by atoms with van der Waals surface area (Å²) in [6, 6.07) is 8.28. The van der Waals surface area contributed by atoms with Crippen LogP contribution in [0.25, 0.3) is 10.2 Å². The van der Waals surface area contributed by atoms with E-state index >= 15 is 0 Å². The first-order chi connectivity index (χ1) is 15.0. The molecule has 0 fully saturated rings. The fraction of sp³-hybridized carbons (Fsp3) is 0.227. The molecule has 0 atom stereocenters. The number of methoxy groups -OCH3 is 4. The number of aromatic nitrogens is 1. The van der Waals surface area contributed by atoms with Crippen molar-refractivity contribution in [2.45, 2.75) is 6.54 Å². The number of amides is 1. The lowest BCUT2D eigenvalue weighted by Crippen LogP contribution is -2.16. The van der Waals surface area contributed by atoms with Crippen molar-refractivity contribution in [1.29, 1.82) is 0 Å². The number of benzene rings is 2. The van der Waals surface area contributed by atoms with Crippen LogP contribution in [-0.2, 0) is 11.3 Å². The van der Waals surface area contributed by atoms with Crippen molar-refractivity contribution in [3.8, 4) is 17.2 Å². The largest absolute Gasteiger partial charge is 0.493 e. The Morgan fingerprint density at radius 3 is 2.26 bits per heavy atom. The van der Waals surface area contributed by atoms with Gasteiger partial charge in [-0.15, -0.1) is 6.58 Å². The van der Waals surface area contributed by atoms with Gasteiger partial charge in [-0.25, -0.2) is 4.79 Å². The van der Waals surface area contributed by atoms with Gasteiger partial charge in [-0.05, 0) is 30.3 Å². The molecule has 162 valence electrons. The van der Waals surface area contributed by atoms with Gasteiger partial charge < -0.3 is 23.5 Å². The van der Waals surface area contributed by atoms with Crippen molar-refractivity contribution in [1.82, 2.24) is 4.57 Å². The maximum atomic E-state index is 13.0. The Bertz CT molecular complexity index is 1200. The van der Waals surface area contributed by atoms with E-state index in [4.69, 9.17) is 18.9 Å². The summed E-state index contributed by atoms with van der Waals surface area (Å²) in [5.41, 5.74) is 1.53. The molecule has 0 bridgehead atoms. The summed E-state index contributed by atoms with van der Waals surface area (Å²) < 4.78 is 23.4. The van der Waals surface area contributed by atoms with E-state index in [9.17, 15) is 9.59 Å². The number of hydrogen-bond donors (Lipinski definition) is 0. The van der Waals surface area contributed by atoms with Crippen LogP contribution >= 0.6 is 11.3 Å². The predicted octanol–water partition coefficient (Wildman–Crippen LogP) is 3.44. The van der Waals surface area contributed by atoms with E-state index in [1.54, 1.807) is 36.4 Å². The molecule has 9 heteroatoms. The number of fused-ring (bicyclic) bond motifs is 1. The highest BCUT2D eigenvalue weighted by Gasteiger charge is 2.17. The third kappa shape index (κ3) is 4.31. The van der Waals surface area contributed by atoms with Crippen LogP contribution in [-0.4, -0.2) is 44.9 Å². The molecule has 8 nitrogen and oxygen atoms in total. The summed E-state index contributed by atoms with van der Waals surface area (Å²) in [7, 11) is 5.77. The highest BCUT2D eigenvalue weighted by molar-refractivity contribution is 7.16. The first-order valence-corrected chi connectivity index (χ1v) is 10.0. The van der Waals surface area contributed by atoms with Gasteiger partial charge in [0.1, 0.15) is 0 Å².